The maximum Gasteiger partial charge on any atom is 0.256 e. The fraction of sp³-hybridized carbons (Fsp3) is 0.462. The molecule has 1 fully saturated rings. The van der Waals surface area contributed by atoms with Gasteiger partial charge in [0.25, 0.3) is 5.91 Å². The number of carbonyl (C=O) groups is 1. The Morgan fingerprint density at radius 3 is 2.65 bits per heavy atom. The highest BCUT2D eigenvalue weighted by atomic mass is 35.5. The minimum Gasteiger partial charge on any atom is -0.380 e. The summed E-state index contributed by atoms with van der Waals surface area (Å²) in [6, 6.07) is 5.27. The summed E-state index contributed by atoms with van der Waals surface area (Å²) in [6.07, 6.45) is 2.91. The van der Waals surface area contributed by atoms with Crippen molar-refractivity contribution in [2.24, 2.45) is 0 Å². The molecule has 0 radical (unpaired) electrons. The summed E-state index contributed by atoms with van der Waals surface area (Å²) < 4.78 is 0. The Hall–Kier alpha value is -1.06. The summed E-state index contributed by atoms with van der Waals surface area (Å²) in [5, 5.41) is 13.5. The van der Waals surface area contributed by atoms with E-state index < -0.39 is 5.60 Å². The summed E-state index contributed by atoms with van der Waals surface area (Å²) in [5.41, 5.74) is 0.415. The zero-order chi connectivity index (χ0) is 12.5. The molecular formula is C13H16ClNO2. The van der Waals surface area contributed by atoms with Gasteiger partial charge in [-0.15, -0.1) is 0 Å². The van der Waals surface area contributed by atoms with Crippen LogP contribution in [0.25, 0.3) is 0 Å². The van der Waals surface area contributed by atoms with E-state index in [1.807, 2.05) is 6.92 Å². The molecule has 92 valence electrons. The van der Waals surface area contributed by atoms with Gasteiger partial charge in [-0.1, -0.05) is 11.6 Å². The second-order valence-corrected chi connectivity index (χ2v) is 5.09. The first-order valence-corrected chi connectivity index (χ1v) is 6.19. The van der Waals surface area contributed by atoms with Crippen LogP contribution in [0.5, 0.6) is 0 Å². The molecule has 3 nitrogen and oxygen atoms in total. The van der Waals surface area contributed by atoms with Gasteiger partial charge in [0.1, 0.15) is 5.60 Å². The molecule has 0 aromatic heterocycles. The van der Waals surface area contributed by atoms with Crippen molar-refractivity contribution in [3.05, 3.63) is 28.8 Å². The molecule has 1 aromatic rings. The van der Waals surface area contributed by atoms with Crippen LogP contribution in [0.4, 0.5) is 5.69 Å². The molecule has 17 heavy (non-hydrogen) atoms. The fourth-order valence-electron chi connectivity index (χ4n) is 2.19. The Labute approximate surface area is 106 Å². The van der Waals surface area contributed by atoms with Gasteiger partial charge in [0, 0.05) is 10.7 Å². The molecule has 2 rings (SSSR count). The van der Waals surface area contributed by atoms with Crippen LogP contribution in [-0.4, -0.2) is 16.6 Å². The lowest BCUT2D eigenvalue weighted by molar-refractivity contribution is -0.133. The van der Waals surface area contributed by atoms with Gasteiger partial charge < -0.3 is 10.4 Å². The van der Waals surface area contributed by atoms with Gasteiger partial charge in [0.15, 0.2) is 0 Å². The first-order chi connectivity index (χ1) is 8.01. The Kier molecular flexibility index (Phi) is 3.40. The van der Waals surface area contributed by atoms with Crippen molar-refractivity contribution in [3.8, 4) is 0 Å². The molecule has 0 heterocycles. The molecular weight excluding hydrogens is 238 g/mol. The third kappa shape index (κ3) is 2.61. The maximum absolute atomic E-state index is 12.0. The molecule has 1 amide bonds. The lowest BCUT2D eigenvalue weighted by Gasteiger charge is -2.21. The van der Waals surface area contributed by atoms with Crippen molar-refractivity contribution < 1.29 is 9.90 Å². The van der Waals surface area contributed by atoms with E-state index in [1.165, 1.54) is 0 Å². The number of rotatable bonds is 2. The number of aryl methyl sites for hydroxylation is 1. The maximum atomic E-state index is 12.0. The van der Waals surface area contributed by atoms with Crippen molar-refractivity contribution >= 4 is 23.2 Å². The van der Waals surface area contributed by atoms with E-state index in [1.54, 1.807) is 18.2 Å². The normalized spacial score (nSPS) is 18.1. The van der Waals surface area contributed by atoms with E-state index in [4.69, 9.17) is 11.6 Å². The fourth-order valence-corrected chi connectivity index (χ4v) is 2.42. The number of amides is 1. The van der Waals surface area contributed by atoms with Gasteiger partial charge in [-0.25, -0.2) is 0 Å². The standard InChI is InChI=1S/C13H16ClNO2/c1-9-8-10(14)4-5-11(9)15-12(16)13(17)6-2-3-7-13/h4-5,8,17H,2-3,6-7H2,1H3,(H,15,16). The molecule has 1 aliphatic rings. The highest BCUT2D eigenvalue weighted by molar-refractivity contribution is 6.30. The van der Waals surface area contributed by atoms with Crippen molar-refractivity contribution in [1.82, 2.24) is 0 Å². The Balaban J connectivity index is 2.13. The predicted molar refractivity (Wildman–Crippen MR) is 68.2 cm³/mol. The average molecular weight is 254 g/mol. The van der Waals surface area contributed by atoms with Crippen LogP contribution >= 0.6 is 11.6 Å². The smallest absolute Gasteiger partial charge is 0.256 e. The molecule has 1 aliphatic carbocycles. The molecule has 0 spiro atoms. The van der Waals surface area contributed by atoms with Crippen LogP contribution in [0.2, 0.25) is 5.02 Å². The lowest BCUT2D eigenvalue weighted by Crippen LogP contribution is -2.40. The van der Waals surface area contributed by atoms with Crippen molar-refractivity contribution in [2.75, 3.05) is 5.32 Å². The summed E-state index contributed by atoms with van der Waals surface area (Å²) in [5.74, 6) is -0.305. The van der Waals surface area contributed by atoms with E-state index in [-0.39, 0.29) is 5.91 Å². The third-order valence-electron chi connectivity index (χ3n) is 3.29. The van der Waals surface area contributed by atoms with E-state index >= 15 is 0 Å². The molecule has 1 saturated carbocycles. The number of aliphatic hydroxyl groups is 1. The van der Waals surface area contributed by atoms with E-state index in [0.717, 1.165) is 18.4 Å². The third-order valence-corrected chi connectivity index (χ3v) is 3.53. The van der Waals surface area contributed by atoms with Crippen LogP contribution in [0.15, 0.2) is 18.2 Å². The van der Waals surface area contributed by atoms with Crippen LogP contribution in [0.1, 0.15) is 31.2 Å². The molecule has 4 heteroatoms. The molecule has 0 atom stereocenters. The van der Waals surface area contributed by atoms with Gasteiger partial charge in [0.05, 0.1) is 0 Å². The van der Waals surface area contributed by atoms with Gasteiger partial charge in [-0.2, -0.15) is 0 Å². The summed E-state index contributed by atoms with van der Waals surface area (Å²) in [7, 11) is 0. The van der Waals surface area contributed by atoms with Crippen molar-refractivity contribution in [3.63, 3.8) is 0 Å². The molecule has 0 saturated heterocycles. The highest BCUT2D eigenvalue weighted by Crippen LogP contribution is 2.31. The van der Waals surface area contributed by atoms with E-state index in [2.05, 4.69) is 5.32 Å². The van der Waals surface area contributed by atoms with Gasteiger partial charge >= 0.3 is 0 Å². The quantitative estimate of drug-likeness (QED) is 0.852. The summed E-state index contributed by atoms with van der Waals surface area (Å²) >= 11 is 5.85. The lowest BCUT2D eigenvalue weighted by atomic mass is 10.0. The number of halogens is 1. The number of hydrogen-bond donors (Lipinski definition) is 2. The van der Waals surface area contributed by atoms with E-state index in [0.29, 0.717) is 23.6 Å². The van der Waals surface area contributed by atoms with Crippen LogP contribution in [0, 0.1) is 6.92 Å². The second-order valence-electron chi connectivity index (χ2n) is 4.65. The molecule has 1 aromatic carbocycles. The zero-order valence-electron chi connectivity index (χ0n) is 9.79. The second kappa shape index (κ2) is 4.67. The number of anilines is 1. The summed E-state index contributed by atoms with van der Waals surface area (Å²) in [6.45, 7) is 1.88. The summed E-state index contributed by atoms with van der Waals surface area (Å²) in [4.78, 5) is 12.0. The minimum atomic E-state index is -1.19. The first kappa shape index (κ1) is 12.4. The molecule has 2 N–H and O–H groups in total. The topological polar surface area (TPSA) is 49.3 Å². The Morgan fingerprint density at radius 1 is 1.41 bits per heavy atom. The van der Waals surface area contributed by atoms with Gasteiger partial charge in [-0.3, -0.25) is 4.79 Å². The van der Waals surface area contributed by atoms with Crippen LogP contribution in [0.3, 0.4) is 0 Å². The number of carbonyl (C=O) groups excluding carboxylic acids is 1. The zero-order valence-corrected chi connectivity index (χ0v) is 10.5. The Morgan fingerprint density at radius 2 is 2.06 bits per heavy atom. The molecule has 0 aliphatic heterocycles. The van der Waals surface area contributed by atoms with Crippen LogP contribution < -0.4 is 5.32 Å². The highest BCUT2D eigenvalue weighted by Gasteiger charge is 2.38. The van der Waals surface area contributed by atoms with Gasteiger partial charge in [-0.05, 0) is 56.4 Å². The van der Waals surface area contributed by atoms with Crippen molar-refractivity contribution in [1.29, 1.82) is 0 Å². The first-order valence-electron chi connectivity index (χ1n) is 5.81. The number of benzene rings is 1. The minimum absolute atomic E-state index is 0.305. The van der Waals surface area contributed by atoms with E-state index in [9.17, 15) is 9.90 Å². The SMILES string of the molecule is Cc1cc(Cl)ccc1NC(=O)C1(O)CCCC1. The largest absolute Gasteiger partial charge is 0.380 e. The number of nitrogens with one attached hydrogen (secondary N) is 1. The van der Waals surface area contributed by atoms with Crippen molar-refractivity contribution in [2.45, 2.75) is 38.2 Å². The average Bonchev–Trinajstić information content (AvgIpc) is 2.71. The predicted octanol–water partition coefficient (Wildman–Crippen LogP) is 2.89. The van der Waals surface area contributed by atoms with Gasteiger partial charge in [0.2, 0.25) is 0 Å². The molecule has 0 unspecified atom stereocenters. The monoisotopic (exact) mass is 253 g/mol. The molecule has 0 bridgehead atoms. The Bertz CT molecular complexity index is 439. The van der Waals surface area contributed by atoms with Crippen LogP contribution in [-0.2, 0) is 4.79 Å². The number of hydrogen-bond acceptors (Lipinski definition) is 2.